The molecule has 4 heteroatoms. The Kier molecular flexibility index (Phi) is 4.96. The third-order valence-corrected chi connectivity index (χ3v) is 6.00. The van der Waals surface area contributed by atoms with Gasteiger partial charge in [0.25, 0.3) is 0 Å². The Bertz CT molecular complexity index is 780. The van der Waals surface area contributed by atoms with Gasteiger partial charge in [-0.2, -0.15) is 0 Å². The Labute approximate surface area is 155 Å². The van der Waals surface area contributed by atoms with E-state index in [2.05, 4.69) is 30.3 Å². The molecule has 0 unspecified atom stereocenters. The number of benzene rings is 2. The maximum absolute atomic E-state index is 12.8. The summed E-state index contributed by atoms with van der Waals surface area (Å²) < 4.78 is 11.8. The van der Waals surface area contributed by atoms with Crippen LogP contribution in [0.4, 0.5) is 0 Å². The van der Waals surface area contributed by atoms with Gasteiger partial charge in [-0.15, -0.1) is 0 Å². The summed E-state index contributed by atoms with van der Waals surface area (Å²) in [5, 5.41) is 2.40. The molecule has 0 radical (unpaired) electrons. The highest BCUT2D eigenvalue weighted by Crippen LogP contribution is 2.36. The van der Waals surface area contributed by atoms with Crippen molar-refractivity contribution in [1.29, 1.82) is 0 Å². The van der Waals surface area contributed by atoms with E-state index in [0.29, 0.717) is 6.42 Å². The van der Waals surface area contributed by atoms with Gasteiger partial charge in [-0.25, -0.2) is 0 Å². The molecule has 4 nitrogen and oxygen atoms in total. The molecule has 0 N–H and O–H groups in total. The van der Waals surface area contributed by atoms with Crippen molar-refractivity contribution < 1.29 is 14.3 Å². The van der Waals surface area contributed by atoms with Gasteiger partial charge in [0.2, 0.25) is 5.91 Å². The Morgan fingerprint density at radius 3 is 2.73 bits per heavy atom. The first-order valence-corrected chi connectivity index (χ1v) is 9.62. The van der Waals surface area contributed by atoms with E-state index < -0.39 is 0 Å². The number of hydrogen-bond acceptors (Lipinski definition) is 3. The number of carbonyl (C=O) groups excluding carboxylic acids is 1. The summed E-state index contributed by atoms with van der Waals surface area (Å²) in [6, 6.07) is 14.6. The van der Waals surface area contributed by atoms with Crippen LogP contribution in [0.3, 0.4) is 0 Å². The predicted octanol–water partition coefficient (Wildman–Crippen LogP) is 3.57. The van der Waals surface area contributed by atoms with Crippen molar-refractivity contribution >= 4 is 16.7 Å². The summed E-state index contributed by atoms with van der Waals surface area (Å²) in [6.07, 6.45) is 4.48. The second-order valence-corrected chi connectivity index (χ2v) is 7.52. The number of carbonyl (C=O) groups is 1. The van der Waals surface area contributed by atoms with Crippen molar-refractivity contribution in [2.75, 3.05) is 26.8 Å². The molecule has 2 heterocycles. The molecule has 2 aliphatic heterocycles. The lowest BCUT2D eigenvalue weighted by atomic mass is 9.81. The van der Waals surface area contributed by atoms with Crippen LogP contribution in [0.25, 0.3) is 10.8 Å². The number of methoxy groups -OCH3 is 1. The molecular weight excluding hydrogens is 326 g/mol. The topological polar surface area (TPSA) is 38.8 Å². The molecule has 1 atom stereocenters. The molecule has 0 bridgehead atoms. The number of likely N-dealkylation sites (tertiary alicyclic amines) is 1. The van der Waals surface area contributed by atoms with Crippen molar-refractivity contribution in [2.24, 2.45) is 0 Å². The molecule has 2 aliphatic rings. The summed E-state index contributed by atoms with van der Waals surface area (Å²) in [7, 11) is 1.78. The average molecular weight is 353 g/mol. The molecule has 0 aliphatic carbocycles. The minimum Gasteiger partial charge on any atom is -0.378 e. The molecule has 0 saturated carbocycles. The fourth-order valence-electron chi connectivity index (χ4n) is 4.47. The van der Waals surface area contributed by atoms with Crippen LogP contribution in [0.15, 0.2) is 42.5 Å². The third-order valence-electron chi connectivity index (χ3n) is 6.00. The van der Waals surface area contributed by atoms with E-state index in [0.717, 1.165) is 50.9 Å². The monoisotopic (exact) mass is 353 g/mol. The number of nitrogens with zero attached hydrogens (tertiary/aromatic N) is 1. The van der Waals surface area contributed by atoms with Crippen molar-refractivity contribution in [2.45, 2.75) is 43.8 Å². The van der Waals surface area contributed by atoms with E-state index >= 15 is 0 Å². The van der Waals surface area contributed by atoms with Crippen molar-refractivity contribution in [3.63, 3.8) is 0 Å². The van der Waals surface area contributed by atoms with E-state index in [4.69, 9.17) is 9.47 Å². The van der Waals surface area contributed by atoms with Gasteiger partial charge in [-0.05, 0) is 42.0 Å². The fourth-order valence-corrected chi connectivity index (χ4v) is 4.47. The first-order valence-electron chi connectivity index (χ1n) is 9.62. The van der Waals surface area contributed by atoms with Crippen LogP contribution < -0.4 is 0 Å². The van der Waals surface area contributed by atoms with Crippen LogP contribution in [-0.4, -0.2) is 49.3 Å². The van der Waals surface area contributed by atoms with Crippen LogP contribution in [0.2, 0.25) is 0 Å². The summed E-state index contributed by atoms with van der Waals surface area (Å²) >= 11 is 0. The zero-order valence-electron chi connectivity index (χ0n) is 15.4. The largest absolute Gasteiger partial charge is 0.378 e. The second-order valence-electron chi connectivity index (χ2n) is 7.52. The quantitative estimate of drug-likeness (QED) is 0.847. The van der Waals surface area contributed by atoms with Gasteiger partial charge < -0.3 is 14.4 Å². The van der Waals surface area contributed by atoms with Crippen LogP contribution in [-0.2, 0) is 20.7 Å². The Balaban J connectivity index is 1.40. The Morgan fingerprint density at radius 2 is 1.96 bits per heavy atom. The van der Waals surface area contributed by atoms with Crippen molar-refractivity contribution in [3.05, 3.63) is 48.0 Å². The normalized spacial score (nSPS) is 22.7. The van der Waals surface area contributed by atoms with Crippen molar-refractivity contribution in [3.8, 4) is 0 Å². The molecule has 26 heavy (non-hydrogen) atoms. The molecule has 1 amide bonds. The molecule has 138 valence electrons. The lowest BCUT2D eigenvalue weighted by molar-refractivity contribution is -0.188. The fraction of sp³-hybridized carbons (Fsp3) is 0.500. The zero-order chi connectivity index (χ0) is 18.0. The first-order chi connectivity index (χ1) is 12.7. The smallest absolute Gasteiger partial charge is 0.226 e. The van der Waals surface area contributed by atoms with Gasteiger partial charge in [0.15, 0.2) is 0 Å². The average Bonchev–Trinajstić information content (AvgIpc) is 2.69. The number of hydrogen-bond donors (Lipinski definition) is 0. The van der Waals surface area contributed by atoms with Crippen LogP contribution in [0.1, 0.15) is 31.2 Å². The highest BCUT2D eigenvalue weighted by atomic mass is 16.5. The summed E-state index contributed by atoms with van der Waals surface area (Å²) in [4.78, 5) is 14.8. The number of amides is 1. The maximum atomic E-state index is 12.8. The van der Waals surface area contributed by atoms with E-state index in [-0.39, 0.29) is 17.6 Å². The number of piperidine rings is 1. The Hall–Kier alpha value is -1.91. The SMILES string of the molecule is CO[C@@H]1CCCOC12CCN(C(=O)Cc1ccc3ccccc3c1)CC2. The van der Waals surface area contributed by atoms with Gasteiger partial charge in [-0.3, -0.25) is 4.79 Å². The van der Waals surface area contributed by atoms with Crippen LogP contribution in [0.5, 0.6) is 0 Å². The number of rotatable bonds is 3. The maximum Gasteiger partial charge on any atom is 0.226 e. The highest BCUT2D eigenvalue weighted by Gasteiger charge is 2.45. The van der Waals surface area contributed by atoms with E-state index in [1.165, 1.54) is 10.8 Å². The van der Waals surface area contributed by atoms with Gasteiger partial charge in [-0.1, -0.05) is 42.5 Å². The predicted molar refractivity (Wildman–Crippen MR) is 102 cm³/mol. The van der Waals surface area contributed by atoms with Gasteiger partial charge in [0.05, 0.1) is 18.1 Å². The van der Waals surface area contributed by atoms with Crippen LogP contribution >= 0.6 is 0 Å². The summed E-state index contributed by atoms with van der Waals surface area (Å²) in [5.74, 6) is 0.208. The Morgan fingerprint density at radius 1 is 1.19 bits per heavy atom. The second kappa shape index (κ2) is 7.37. The molecule has 2 aromatic rings. The minimum absolute atomic E-state index is 0.161. The molecule has 0 aromatic heterocycles. The number of fused-ring (bicyclic) bond motifs is 1. The van der Waals surface area contributed by atoms with Crippen molar-refractivity contribution in [1.82, 2.24) is 4.90 Å². The summed E-state index contributed by atoms with van der Waals surface area (Å²) in [5.41, 5.74) is 0.893. The van der Waals surface area contributed by atoms with Gasteiger partial charge in [0.1, 0.15) is 0 Å². The highest BCUT2D eigenvalue weighted by molar-refractivity contribution is 5.85. The first kappa shape index (κ1) is 17.5. The molecule has 2 fully saturated rings. The van der Waals surface area contributed by atoms with Crippen LogP contribution in [0, 0.1) is 0 Å². The van der Waals surface area contributed by atoms with Gasteiger partial charge >= 0.3 is 0 Å². The van der Waals surface area contributed by atoms with Gasteiger partial charge in [0, 0.05) is 26.8 Å². The lowest BCUT2D eigenvalue weighted by Gasteiger charge is -2.48. The minimum atomic E-state index is -0.188. The third kappa shape index (κ3) is 3.36. The molecular formula is C22H27NO3. The van der Waals surface area contributed by atoms with E-state index in [9.17, 15) is 4.79 Å². The molecule has 4 rings (SSSR count). The lowest BCUT2D eigenvalue weighted by Crippen LogP contribution is -2.56. The molecule has 1 spiro atoms. The van der Waals surface area contributed by atoms with E-state index in [1.54, 1.807) is 7.11 Å². The summed E-state index contributed by atoms with van der Waals surface area (Å²) in [6.45, 7) is 2.32. The standard InChI is InChI=1S/C22H27NO3/c1-25-20-7-4-14-26-22(20)10-12-23(13-11-22)21(24)16-17-8-9-18-5-2-3-6-19(18)15-17/h2-3,5-6,8-9,15,20H,4,7,10-14,16H2,1H3/t20-/m1/s1. The van der Waals surface area contributed by atoms with E-state index in [1.807, 2.05) is 17.0 Å². The number of ether oxygens (including phenoxy) is 2. The zero-order valence-corrected chi connectivity index (χ0v) is 15.4. The molecule has 2 saturated heterocycles. The molecule has 2 aromatic carbocycles.